The van der Waals surface area contributed by atoms with E-state index in [4.69, 9.17) is 0 Å². The lowest BCUT2D eigenvalue weighted by atomic mass is 10.00. The summed E-state index contributed by atoms with van der Waals surface area (Å²) in [5.74, 6) is 0.545. The number of anilines is 2. The van der Waals surface area contributed by atoms with Crippen LogP contribution in [0.2, 0.25) is 0 Å². The van der Waals surface area contributed by atoms with Crippen molar-refractivity contribution in [1.29, 1.82) is 0 Å². The molecule has 1 aliphatic heterocycles. The fourth-order valence-electron chi connectivity index (χ4n) is 3.30. The molecule has 1 aromatic heterocycles. The molecule has 1 amide bonds. The number of hydrogen-bond acceptors (Lipinski definition) is 3. The number of carbonyl (C=O) groups excluding carboxylic acids is 1. The first-order chi connectivity index (χ1) is 11.7. The van der Waals surface area contributed by atoms with Gasteiger partial charge < -0.3 is 10.2 Å². The monoisotopic (exact) mass is 323 g/mol. The molecule has 126 valence electrons. The van der Waals surface area contributed by atoms with Crippen molar-refractivity contribution in [3.05, 3.63) is 53.9 Å². The normalized spacial score (nSPS) is 17.6. The highest BCUT2D eigenvalue weighted by molar-refractivity contribution is 6.03. The van der Waals surface area contributed by atoms with Gasteiger partial charge in [-0.2, -0.15) is 0 Å². The minimum Gasteiger partial charge on any atom is -0.371 e. The number of nitrogens with zero attached hydrogens (tertiary/aromatic N) is 2. The van der Waals surface area contributed by atoms with Crippen LogP contribution in [0.4, 0.5) is 11.4 Å². The lowest BCUT2D eigenvalue weighted by molar-refractivity contribution is 0.102. The summed E-state index contributed by atoms with van der Waals surface area (Å²) in [6.45, 7) is 6.46. The molecule has 0 spiro atoms. The van der Waals surface area contributed by atoms with Crippen molar-refractivity contribution >= 4 is 17.3 Å². The van der Waals surface area contributed by atoms with Crippen LogP contribution in [-0.2, 0) is 6.42 Å². The molecule has 0 bridgehead atoms. The molecule has 1 aromatic carbocycles. The van der Waals surface area contributed by atoms with Gasteiger partial charge in [-0.3, -0.25) is 9.78 Å². The van der Waals surface area contributed by atoms with Crippen LogP contribution in [0.15, 0.2) is 42.6 Å². The summed E-state index contributed by atoms with van der Waals surface area (Å²) in [6.07, 6.45) is 5.10. The number of para-hydroxylation sites is 1. The Morgan fingerprint density at radius 2 is 2.17 bits per heavy atom. The standard InChI is InChI=1S/C20H25N3O/c1-3-16-8-4-5-9-18(16)22-20(24)19-13-17(10-11-21-19)23-12-6-7-15(2)14-23/h4-5,8-11,13,15H,3,6-7,12,14H2,1-2H3,(H,22,24). The molecular formula is C20H25N3O. The lowest BCUT2D eigenvalue weighted by Gasteiger charge is -2.32. The van der Waals surface area contributed by atoms with E-state index in [9.17, 15) is 4.79 Å². The highest BCUT2D eigenvalue weighted by Crippen LogP contribution is 2.23. The van der Waals surface area contributed by atoms with E-state index < -0.39 is 0 Å². The van der Waals surface area contributed by atoms with E-state index in [1.807, 2.05) is 36.4 Å². The molecule has 1 aliphatic rings. The minimum absolute atomic E-state index is 0.150. The number of rotatable bonds is 4. The third-order valence-corrected chi connectivity index (χ3v) is 4.64. The van der Waals surface area contributed by atoms with Crippen LogP contribution in [0.1, 0.15) is 42.7 Å². The van der Waals surface area contributed by atoms with Crippen molar-refractivity contribution in [1.82, 2.24) is 4.98 Å². The van der Waals surface area contributed by atoms with Gasteiger partial charge in [-0.15, -0.1) is 0 Å². The zero-order chi connectivity index (χ0) is 16.9. The maximum Gasteiger partial charge on any atom is 0.274 e. The molecule has 2 aromatic rings. The second-order valence-electron chi connectivity index (χ2n) is 6.56. The van der Waals surface area contributed by atoms with E-state index in [1.165, 1.54) is 12.8 Å². The highest BCUT2D eigenvalue weighted by Gasteiger charge is 2.18. The highest BCUT2D eigenvalue weighted by atomic mass is 16.1. The quantitative estimate of drug-likeness (QED) is 0.920. The molecule has 4 nitrogen and oxygen atoms in total. The van der Waals surface area contributed by atoms with Crippen LogP contribution < -0.4 is 10.2 Å². The first-order valence-electron chi connectivity index (χ1n) is 8.77. The van der Waals surface area contributed by atoms with Crippen LogP contribution in [0, 0.1) is 5.92 Å². The summed E-state index contributed by atoms with van der Waals surface area (Å²) in [4.78, 5) is 19.2. The molecule has 1 fully saturated rings. The van der Waals surface area contributed by atoms with Crippen molar-refractivity contribution in [3.8, 4) is 0 Å². The molecule has 3 rings (SSSR count). The summed E-state index contributed by atoms with van der Waals surface area (Å²) in [7, 11) is 0. The third kappa shape index (κ3) is 3.75. The van der Waals surface area contributed by atoms with Crippen molar-refractivity contribution in [2.75, 3.05) is 23.3 Å². The topological polar surface area (TPSA) is 45.2 Å². The van der Waals surface area contributed by atoms with Crippen molar-refractivity contribution in [2.24, 2.45) is 5.92 Å². The number of nitrogens with one attached hydrogen (secondary N) is 1. The number of benzene rings is 1. The van der Waals surface area contributed by atoms with Gasteiger partial charge in [0.25, 0.3) is 5.91 Å². The molecular weight excluding hydrogens is 298 g/mol. The molecule has 0 aliphatic carbocycles. The first-order valence-corrected chi connectivity index (χ1v) is 8.77. The molecule has 24 heavy (non-hydrogen) atoms. The van der Waals surface area contributed by atoms with E-state index in [2.05, 4.69) is 29.0 Å². The van der Waals surface area contributed by atoms with E-state index in [-0.39, 0.29) is 5.91 Å². The number of piperidine rings is 1. The van der Waals surface area contributed by atoms with Crippen molar-refractivity contribution < 1.29 is 4.79 Å². The first kappa shape index (κ1) is 16.5. The van der Waals surface area contributed by atoms with Crippen molar-refractivity contribution in [2.45, 2.75) is 33.1 Å². The van der Waals surface area contributed by atoms with Crippen LogP contribution >= 0.6 is 0 Å². The summed E-state index contributed by atoms with van der Waals surface area (Å²) in [5.41, 5.74) is 3.55. The van der Waals surface area contributed by atoms with Gasteiger partial charge in [0.1, 0.15) is 5.69 Å². The van der Waals surface area contributed by atoms with E-state index in [1.54, 1.807) is 6.20 Å². The van der Waals surface area contributed by atoms with E-state index in [0.29, 0.717) is 11.6 Å². The Hall–Kier alpha value is -2.36. The summed E-state index contributed by atoms with van der Waals surface area (Å²) in [5, 5.41) is 3.00. The molecule has 1 unspecified atom stereocenters. The predicted octanol–water partition coefficient (Wildman–Crippen LogP) is 4.13. The molecule has 1 saturated heterocycles. The lowest BCUT2D eigenvalue weighted by Crippen LogP contribution is -2.34. The van der Waals surface area contributed by atoms with Gasteiger partial charge in [0.05, 0.1) is 0 Å². The third-order valence-electron chi connectivity index (χ3n) is 4.64. The van der Waals surface area contributed by atoms with E-state index >= 15 is 0 Å². The average molecular weight is 323 g/mol. The zero-order valence-electron chi connectivity index (χ0n) is 14.5. The molecule has 2 heterocycles. The Morgan fingerprint density at radius 1 is 1.33 bits per heavy atom. The maximum absolute atomic E-state index is 12.6. The molecule has 1 N–H and O–H groups in total. The summed E-state index contributed by atoms with van der Waals surface area (Å²) < 4.78 is 0. The second-order valence-corrected chi connectivity index (χ2v) is 6.56. The van der Waals surface area contributed by atoms with Gasteiger partial charge in [-0.05, 0) is 48.9 Å². The molecule has 0 saturated carbocycles. The number of carbonyl (C=O) groups is 1. The second kappa shape index (κ2) is 7.47. The van der Waals surface area contributed by atoms with Gasteiger partial charge in [-0.25, -0.2) is 0 Å². The van der Waals surface area contributed by atoms with Crippen LogP contribution in [0.25, 0.3) is 0 Å². The Balaban J connectivity index is 1.77. The summed E-state index contributed by atoms with van der Waals surface area (Å²) in [6, 6.07) is 11.8. The Kier molecular flexibility index (Phi) is 5.14. The van der Waals surface area contributed by atoms with Crippen LogP contribution in [0.5, 0.6) is 0 Å². The Morgan fingerprint density at radius 3 is 2.96 bits per heavy atom. The van der Waals surface area contributed by atoms with Gasteiger partial charge in [0.15, 0.2) is 0 Å². The Bertz CT molecular complexity index is 714. The molecule has 0 radical (unpaired) electrons. The van der Waals surface area contributed by atoms with Gasteiger partial charge in [0, 0.05) is 30.7 Å². The van der Waals surface area contributed by atoms with Gasteiger partial charge in [0.2, 0.25) is 0 Å². The largest absolute Gasteiger partial charge is 0.371 e. The fraction of sp³-hybridized carbons (Fsp3) is 0.400. The van der Waals surface area contributed by atoms with Crippen molar-refractivity contribution in [3.63, 3.8) is 0 Å². The fourth-order valence-corrected chi connectivity index (χ4v) is 3.30. The molecule has 4 heteroatoms. The number of amides is 1. The van der Waals surface area contributed by atoms with Crippen LogP contribution in [0.3, 0.4) is 0 Å². The smallest absolute Gasteiger partial charge is 0.274 e. The maximum atomic E-state index is 12.6. The molecule has 1 atom stereocenters. The summed E-state index contributed by atoms with van der Waals surface area (Å²) >= 11 is 0. The zero-order valence-corrected chi connectivity index (χ0v) is 14.5. The SMILES string of the molecule is CCc1ccccc1NC(=O)c1cc(N2CCCC(C)C2)ccn1. The number of hydrogen-bond donors (Lipinski definition) is 1. The number of pyridine rings is 1. The number of aromatic nitrogens is 1. The minimum atomic E-state index is -0.150. The van der Waals surface area contributed by atoms with Gasteiger partial charge >= 0.3 is 0 Å². The van der Waals surface area contributed by atoms with Gasteiger partial charge in [-0.1, -0.05) is 32.0 Å². The predicted molar refractivity (Wildman–Crippen MR) is 98.6 cm³/mol. The Labute approximate surface area is 143 Å². The number of aryl methyl sites for hydroxylation is 1. The van der Waals surface area contributed by atoms with E-state index in [0.717, 1.165) is 36.4 Å². The van der Waals surface area contributed by atoms with Crippen LogP contribution in [-0.4, -0.2) is 24.0 Å². The average Bonchev–Trinajstić information content (AvgIpc) is 2.62.